The van der Waals surface area contributed by atoms with Crippen molar-refractivity contribution in [2.24, 2.45) is 23.2 Å². The van der Waals surface area contributed by atoms with Crippen molar-refractivity contribution in [3.63, 3.8) is 0 Å². The normalized spacial score (nSPS) is 28.4. The quantitative estimate of drug-likeness (QED) is 0.643. The van der Waals surface area contributed by atoms with Gasteiger partial charge >= 0.3 is 5.97 Å². The fraction of sp³-hybridized carbons (Fsp3) is 0.640. The number of carbonyl (C=O) groups is 3. The van der Waals surface area contributed by atoms with E-state index in [2.05, 4.69) is 5.32 Å². The van der Waals surface area contributed by atoms with Gasteiger partial charge in [-0.2, -0.15) is 0 Å². The molecular weight excluding hydrogens is 392 g/mol. The van der Waals surface area contributed by atoms with Crippen molar-refractivity contribution in [2.75, 3.05) is 18.1 Å². The first-order valence-corrected chi connectivity index (χ1v) is 11.6. The molecule has 1 aromatic carbocycles. The third-order valence-corrected chi connectivity index (χ3v) is 7.31. The van der Waals surface area contributed by atoms with Crippen LogP contribution in [0.3, 0.4) is 0 Å². The highest BCUT2D eigenvalue weighted by atomic mass is 16.5. The number of nitrogens with zero attached hydrogens (tertiary/aromatic N) is 1. The molecule has 0 saturated heterocycles. The van der Waals surface area contributed by atoms with Gasteiger partial charge in [0.2, 0.25) is 5.91 Å². The molecule has 168 valence electrons. The standard InChI is InChI=1S/C25H34N2O4/c1-17(2)27(21-6-4-3-5-7-21)23(29)16-31-24(30)15-26-22(28)14-25-11-18-8-19(12-25)10-20(9-18)13-25/h3-7,17-20H,8-16H2,1-2H3,(H,26,28). The van der Waals surface area contributed by atoms with Crippen LogP contribution < -0.4 is 10.2 Å². The van der Waals surface area contributed by atoms with Gasteiger partial charge in [-0.3, -0.25) is 14.4 Å². The number of nitrogens with one attached hydrogen (secondary N) is 1. The zero-order valence-corrected chi connectivity index (χ0v) is 18.6. The molecule has 0 aromatic heterocycles. The van der Waals surface area contributed by atoms with E-state index in [0.29, 0.717) is 6.42 Å². The highest BCUT2D eigenvalue weighted by Crippen LogP contribution is 2.61. The number of esters is 1. The smallest absolute Gasteiger partial charge is 0.325 e. The van der Waals surface area contributed by atoms with Crippen LogP contribution in [-0.2, 0) is 19.1 Å². The van der Waals surface area contributed by atoms with Crippen LogP contribution >= 0.6 is 0 Å². The molecular formula is C25H34N2O4. The fourth-order valence-corrected chi connectivity index (χ4v) is 6.66. The molecule has 5 rings (SSSR count). The van der Waals surface area contributed by atoms with Crippen molar-refractivity contribution in [3.05, 3.63) is 30.3 Å². The third kappa shape index (κ3) is 5.10. The number of carbonyl (C=O) groups excluding carboxylic acids is 3. The number of hydrogen-bond donors (Lipinski definition) is 1. The van der Waals surface area contributed by atoms with E-state index in [1.165, 1.54) is 19.3 Å². The second kappa shape index (κ2) is 9.01. The summed E-state index contributed by atoms with van der Waals surface area (Å²) in [4.78, 5) is 38.9. The van der Waals surface area contributed by atoms with Gasteiger partial charge in [0.25, 0.3) is 5.91 Å². The molecule has 4 aliphatic rings. The Morgan fingerprint density at radius 1 is 1.03 bits per heavy atom. The Kier molecular flexibility index (Phi) is 6.35. The molecule has 0 spiro atoms. The van der Waals surface area contributed by atoms with E-state index in [0.717, 1.165) is 42.7 Å². The summed E-state index contributed by atoms with van der Waals surface area (Å²) in [6.45, 7) is 3.30. The van der Waals surface area contributed by atoms with E-state index < -0.39 is 5.97 Å². The summed E-state index contributed by atoms with van der Waals surface area (Å²) in [7, 11) is 0. The maximum absolute atomic E-state index is 12.6. The van der Waals surface area contributed by atoms with Crippen LogP contribution in [0.1, 0.15) is 58.8 Å². The Balaban J connectivity index is 1.22. The molecule has 4 aliphatic carbocycles. The van der Waals surface area contributed by atoms with Gasteiger partial charge in [-0.1, -0.05) is 18.2 Å². The second-order valence-corrected chi connectivity index (χ2v) is 10.2. The first-order chi connectivity index (χ1) is 14.8. The van der Waals surface area contributed by atoms with Crippen LogP contribution in [0.5, 0.6) is 0 Å². The Hall–Kier alpha value is -2.37. The first-order valence-electron chi connectivity index (χ1n) is 11.6. The van der Waals surface area contributed by atoms with E-state index in [4.69, 9.17) is 4.74 Å². The topological polar surface area (TPSA) is 75.7 Å². The molecule has 0 unspecified atom stereocenters. The zero-order valence-electron chi connectivity index (χ0n) is 18.6. The molecule has 31 heavy (non-hydrogen) atoms. The average molecular weight is 427 g/mol. The van der Waals surface area contributed by atoms with Crippen LogP contribution in [0.15, 0.2) is 30.3 Å². The van der Waals surface area contributed by atoms with Gasteiger partial charge in [0, 0.05) is 18.2 Å². The second-order valence-electron chi connectivity index (χ2n) is 10.2. The molecule has 6 nitrogen and oxygen atoms in total. The Morgan fingerprint density at radius 2 is 1.61 bits per heavy atom. The maximum Gasteiger partial charge on any atom is 0.325 e. The molecule has 4 fully saturated rings. The monoisotopic (exact) mass is 426 g/mol. The summed E-state index contributed by atoms with van der Waals surface area (Å²) in [5.74, 6) is 1.45. The Bertz CT molecular complexity index is 785. The van der Waals surface area contributed by atoms with Crippen LogP contribution in [0.4, 0.5) is 5.69 Å². The van der Waals surface area contributed by atoms with Crippen molar-refractivity contribution >= 4 is 23.5 Å². The highest BCUT2D eigenvalue weighted by molar-refractivity contribution is 5.95. The predicted molar refractivity (Wildman–Crippen MR) is 118 cm³/mol. The summed E-state index contributed by atoms with van der Waals surface area (Å²) < 4.78 is 5.16. The number of rotatable bonds is 8. The molecule has 1 aromatic rings. The minimum absolute atomic E-state index is 0.0615. The summed E-state index contributed by atoms with van der Waals surface area (Å²) in [5, 5.41) is 2.73. The van der Waals surface area contributed by atoms with Gasteiger partial charge in [-0.25, -0.2) is 0 Å². The molecule has 2 amide bonds. The summed E-state index contributed by atoms with van der Waals surface area (Å²) in [6.07, 6.45) is 8.03. The average Bonchev–Trinajstić information content (AvgIpc) is 2.70. The fourth-order valence-electron chi connectivity index (χ4n) is 6.66. The van der Waals surface area contributed by atoms with Gasteiger partial charge in [0.15, 0.2) is 6.61 Å². The lowest BCUT2D eigenvalue weighted by Gasteiger charge is -2.56. The van der Waals surface area contributed by atoms with Crippen LogP contribution in [0.2, 0.25) is 0 Å². The maximum atomic E-state index is 12.6. The van der Waals surface area contributed by atoms with Crippen molar-refractivity contribution in [3.8, 4) is 0 Å². The lowest BCUT2D eigenvalue weighted by atomic mass is 9.49. The largest absolute Gasteiger partial charge is 0.454 e. The third-order valence-electron chi connectivity index (χ3n) is 7.31. The van der Waals surface area contributed by atoms with Crippen LogP contribution in [0, 0.1) is 23.2 Å². The number of anilines is 1. The molecule has 0 radical (unpaired) electrons. The molecule has 4 saturated carbocycles. The van der Waals surface area contributed by atoms with E-state index in [-0.39, 0.29) is 36.4 Å². The van der Waals surface area contributed by atoms with E-state index in [9.17, 15) is 14.4 Å². The van der Waals surface area contributed by atoms with Gasteiger partial charge < -0.3 is 15.0 Å². The van der Waals surface area contributed by atoms with Gasteiger partial charge in [-0.15, -0.1) is 0 Å². The summed E-state index contributed by atoms with van der Waals surface area (Å²) in [5.41, 5.74) is 0.911. The van der Waals surface area contributed by atoms with Gasteiger partial charge in [0.1, 0.15) is 6.54 Å². The van der Waals surface area contributed by atoms with Crippen molar-refractivity contribution in [1.29, 1.82) is 0 Å². The van der Waals surface area contributed by atoms with Crippen LogP contribution in [-0.4, -0.2) is 37.0 Å². The lowest BCUT2D eigenvalue weighted by Crippen LogP contribution is -2.48. The van der Waals surface area contributed by atoms with E-state index in [1.807, 2.05) is 44.2 Å². The number of hydrogen-bond acceptors (Lipinski definition) is 4. The summed E-state index contributed by atoms with van der Waals surface area (Å²) >= 11 is 0. The zero-order chi connectivity index (χ0) is 22.0. The molecule has 0 aliphatic heterocycles. The van der Waals surface area contributed by atoms with Crippen LogP contribution in [0.25, 0.3) is 0 Å². The van der Waals surface area contributed by atoms with Crippen molar-refractivity contribution < 1.29 is 19.1 Å². The number of ether oxygens (including phenoxy) is 1. The van der Waals surface area contributed by atoms with Crippen molar-refractivity contribution in [2.45, 2.75) is 64.8 Å². The Morgan fingerprint density at radius 3 is 2.16 bits per heavy atom. The highest BCUT2D eigenvalue weighted by Gasteiger charge is 2.51. The SMILES string of the molecule is CC(C)N(C(=O)COC(=O)CNC(=O)CC12CC3CC(CC(C3)C1)C2)c1ccccc1. The summed E-state index contributed by atoms with van der Waals surface area (Å²) in [6, 6.07) is 9.26. The minimum Gasteiger partial charge on any atom is -0.454 e. The molecule has 0 atom stereocenters. The number of para-hydroxylation sites is 1. The molecule has 0 heterocycles. The first kappa shape index (κ1) is 21.8. The molecule has 1 N–H and O–H groups in total. The van der Waals surface area contributed by atoms with E-state index >= 15 is 0 Å². The van der Waals surface area contributed by atoms with Gasteiger partial charge in [-0.05, 0) is 87.7 Å². The Labute approximate surface area is 184 Å². The van der Waals surface area contributed by atoms with Gasteiger partial charge in [0.05, 0.1) is 0 Å². The number of amides is 2. The predicted octanol–water partition coefficient (Wildman–Crippen LogP) is 3.69. The molecule has 6 heteroatoms. The van der Waals surface area contributed by atoms with Crippen molar-refractivity contribution in [1.82, 2.24) is 5.32 Å². The minimum atomic E-state index is -0.580. The molecule has 4 bridgehead atoms. The lowest BCUT2D eigenvalue weighted by molar-refractivity contribution is -0.148. The number of benzene rings is 1. The van der Waals surface area contributed by atoms with E-state index in [1.54, 1.807) is 4.90 Å².